The minimum absolute atomic E-state index is 0.0623. The van der Waals surface area contributed by atoms with Gasteiger partial charge in [-0.05, 0) is 19.8 Å². The Morgan fingerprint density at radius 1 is 1.50 bits per heavy atom. The van der Waals surface area contributed by atoms with Gasteiger partial charge < -0.3 is 15.4 Å². The van der Waals surface area contributed by atoms with Crippen LogP contribution in [0.4, 0.5) is 0 Å². The maximum absolute atomic E-state index is 12.3. The Kier molecular flexibility index (Phi) is 4.74. The van der Waals surface area contributed by atoms with Gasteiger partial charge in [-0.15, -0.1) is 0 Å². The number of carbonyl (C=O) groups excluding carboxylic acids is 1. The first-order valence-electron chi connectivity index (χ1n) is 6.09. The van der Waals surface area contributed by atoms with Crippen LogP contribution >= 0.6 is 0 Å². The van der Waals surface area contributed by atoms with Crippen molar-refractivity contribution in [1.82, 2.24) is 4.90 Å². The number of nitrogens with two attached hydrogens (primary N) is 1. The summed E-state index contributed by atoms with van der Waals surface area (Å²) in [6.45, 7) is 9.85. The van der Waals surface area contributed by atoms with Gasteiger partial charge in [0.1, 0.15) is 0 Å². The van der Waals surface area contributed by atoms with Crippen LogP contribution in [0.5, 0.6) is 0 Å². The first-order chi connectivity index (χ1) is 7.47. The highest BCUT2D eigenvalue weighted by molar-refractivity contribution is 5.79. The Balaban J connectivity index is 2.70. The van der Waals surface area contributed by atoms with Crippen molar-refractivity contribution < 1.29 is 9.53 Å². The lowest BCUT2D eigenvalue weighted by molar-refractivity contribution is -0.148. The van der Waals surface area contributed by atoms with Gasteiger partial charge in [0.15, 0.2) is 0 Å². The van der Waals surface area contributed by atoms with Crippen LogP contribution in [0.25, 0.3) is 0 Å². The molecule has 1 amide bonds. The lowest BCUT2D eigenvalue weighted by Crippen LogP contribution is -2.53. The average molecular weight is 228 g/mol. The van der Waals surface area contributed by atoms with Gasteiger partial charge in [0, 0.05) is 13.1 Å². The highest BCUT2D eigenvalue weighted by atomic mass is 16.5. The molecule has 1 heterocycles. The van der Waals surface area contributed by atoms with Crippen LogP contribution in [0.15, 0.2) is 0 Å². The summed E-state index contributed by atoms with van der Waals surface area (Å²) in [6, 6.07) is 0.163. The molecule has 1 fully saturated rings. The molecular weight excluding hydrogens is 204 g/mol. The molecular formula is C12H24N2O2. The van der Waals surface area contributed by atoms with E-state index in [0.717, 1.165) is 0 Å². The van der Waals surface area contributed by atoms with Crippen molar-refractivity contribution in [2.45, 2.75) is 39.8 Å². The number of morpholine rings is 1. The van der Waals surface area contributed by atoms with E-state index in [1.54, 1.807) is 0 Å². The molecule has 0 aromatic rings. The molecule has 1 saturated heterocycles. The zero-order chi connectivity index (χ0) is 12.3. The number of rotatable bonds is 3. The second-order valence-corrected chi connectivity index (χ2v) is 5.07. The molecule has 1 aliphatic rings. The normalized spacial score (nSPS) is 28.2. The Hall–Kier alpha value is -0.610. The molecule has 1 aliphatic heterocycles. The van der Waals surface area contributed by atoms with E-state index in [9.17, 15) is 4.79 Å². The van der Waals surface area contributed by atoms with E-state index in [0.29, 0.717) is 25.6 Å². The van der Waals surface area contributed by atoms with E-state index in [1.807, 2.05) is 32.6 Å². The highest BCUT2D eigenvalue weighted by Crippen LogP contribution is 2.18. The van der Waals surface area contributed by atoms with Gasteiger partial charge in [-0.1, -0.05) is 13.8 Å². The maximum atomic E-state index is 12.3. The zero-order valence-electron chi connectivity index (χ0n) is 10.8. The van der Waals surface area contributed by atoms with Crippen molar-refractivity contribution in [3.05, 3.63) is 0 Å². The Morgan fingerprint density at radius 2 is 2.12 bits per heavy atom. The van der Waals surface area contributed by atoms with Gasteiger partial charge >= 0.3 is 0 Å². The first-order valence-corrected chi connectivity index (χ1v) is 6.09. The van der Waals surface area contributed by atoms with Crippen LogP contribution < -0.4 is 5.73 Å². The predicted octanol–water partition coefficient (Wildman–Crippen LogP) is 0.853. The lowest BCUT2D eigenvalue weighted by atomic mass is 9.93. The average Bonchev–Trinajstić information content (AvgIpc) is 2.22. The highest BCUT2D eigenvalue weighted by Gasteiger charge is 2.32. The molecule has 0 aromatic carbocycles. The topological polar surface area (TPSA) is 55.6 Å². The van der Waals surface area contributed by atoms with Crippen molar-refractivity contribution in [3.63, 3.8) is 0 Å². The van der Waals surface area contributed by atoms with Crippen LogP contribution in [0.3, 0.4) is 0 Å². The largest absolute Gasteiger partial charge is 0.375 e. The van der Waals surface area contributed by atoms with Crippen molar-refractivity contribution in [3.8, 4) is 0 Å². The van der Waals surface area contributed by atoms with Crippen LogP contribution in [-0.4, -0.2) is 42.6 Å². The molecule has 3 atom stereocenters. The number of hydrogen-bond donors (Lipinski definition) is 1. The molecule has 0 aliphatic carbocycles. The molecule has 0 saturated carbocycles. The molecule has 0 radical (unpaired) electrons. The van der Waals surface area contributed by atoms with E-state index >= 15 is 0 Å². The smallest absolute Gasteiger partial charge is 0.227 e. The summed E-state index contributed by atoms with van der Waals surface area (Å²) in [5, 5.41) is 0. The number of nitrogens with zero attached hydrogens (tertiary/aromatic N) is 1. The standard InChI is InChI=1S/C12H24N2O2/c1-8(2)11(5-13)12(15)14-6-10(4)16-7-9(14)3/h8-11H,5-7,13H2,1-4H3. The van der Waals surface area contributed by atoms with E-state index in [2.05, 4.69) is 0 Å². The number of hydrogen-bond acceptors (Lipinski definition) is 3. The minimum Gasteiger partial charge on any atom is -0.375 e. The van der Waals surface area contributed by atoms with Gasteiger partial charge in [-0.2, -0.15) is 0 Å². The summed E-state index contributed by atoms with van der Waals surface area (Å²) in [5.74, 6) is 0.413. The van der Waals surface area contributed by atoms with E-state index in [4.69, 9.17) is 10.5 Å². The van der Waals surface area contributed by atoms with E-state index in [1.165, 1.54) is 0 Å². The van der Waals surface area contributed by atoms with Gasteiger partial charge in [-0.25, -0.2) is 0 Å². The first kappa shape index (κ1) is 13.5. The molecule has 16 heavy (non-hydrogen) atoms. The van der Waals surface area contributed by atoms with Crippen LogP contribution in [0.2, 0.25) is 0 Å². The monoisotopic (exact) mass is 228 g/mol. The fourth-order valence-corrected chi connectivity index (χ4v) is 2.08. The van der Waals surface area contributed by atoms with Crippen LogP contribution in [-0.2, 0) is 9.53 Å². The van der Waals surface area contributed by atoms with Gasteiger partial charge in [0.05, 0.1) is 24.7 Å². The van der Waals surface area contributed by atoms with E-state index < -0.39 is 0 Å². The van der Waals surface area contributed by atoms with E-state index in [-0.39, 0.29) is 24.0 Å². The summed E-state index contributed by atoms with van der Waals surface area (Å²) < 4.78 is 5.52. The van der Waals surface area contributed by atoms with Crippen LogP contribution in [0.1, 0.15) is 27.7 Å². The second-order valence-electron chi connectivity index (χ2n) is 5.07. The fourth-order valence-electron chi connectivity index (χ4n) is 2.08. The molecule has 1 rings (SSSR count). The molecule has 0 aromatic heterocycles. The van der Waals surface area contributed by atoms with Crippen molar-refractivity contribution >= 4 is 5.91 Å². The second kappa shape index (κ2) is 5.64. The molecule has 0 bridgehead atoms. The number of carbonyl (C=O) groups is 1. The third kappa shape index (κ3) is 2.95. The molecule has 4 nitrogen and oxygen atoms in total. The summed E-state index contributed by atoms with van der Waals surface area (Å²) in [5.41, 5.74) is 5.68. The number of amides is 1. The summed E-state index contributed by atoms with van der Waals surface area (Å²) in [6.07, 6.45) is 0.130. The quantitative estimate of drug-likeness (QED) is 0.779. The Labute approximate surface area is 98.1 Å². The summed E-state index contributed by atoms with van der Waals surface area (Å²) >= 11 is 0. The third-order valence-corrected chi connectivity index (χ3v) is 3.27. The number of ether oxygens (including phenoxy) is 1. The maximum Gasteiger partial charge on any atom is 0.227 e. The molecule has 0 spiro atoms. The van der Waals surface area contributed by atoms with Gasteiger partial charge in [0.25, 0.3) is 0 Å². The Bertz CT molecular complexity index is 243. The summed E-state index contributed by atoms with van der Waals surface area (Å²) in [7, 11) is 0. The van der Waals surface area contributed by atoms with Crippen molar-refractivity contribution in [2.24, 2.45) is 17.6 Å². The Morgan fingerprint density at radius 3 is 2.62 bits per heavy atom. The lowest BCUT2D eigenvalue weighted by Gasteiger charge is -2.39. The minimum atomic E-state index is -0.0623. The molecule has 2 N–H and O–H groups in total. The van der Waals surface area contributed by atoms with Crippen molar-refractivity contribution in [2.75, 3.05) is 19.7 Å². The predicted molar refractivity (Wildman–Crippen MR) is 64.0 cm³/mol. The van der Waals surface area contributed by atoms with Crippen molar-refractivity contribution in [1.29, 1.82) is 0 Å². The molecule has 94 valence electrons. The molecule has 3 unspecified atom stereocenters. The molecule has 4 heteroatoms. The van der Waals surface area contributed by atoms with Crippen LogP contribution in [0, 0.1) is 11.8 Å². The fraction of sp³-hybridized carbons (Fsp3) is 0.917. The van der Waals surface area contributed by atoms with Gasteiger partial charge in [0.2, 0.25) is 5.91 Å². The summed E-state index contributed by atoms with van der Waals surface area (Å²) in [4.78, 5) is 14.2. The zero-order valence-corrected chi connectivity index (χ0v) is 10.8. The van der Waals surface area contributed by atoms with Gasteiger partial charge in [-0.3, -0.25) is 4.79 Å². The third-order valence-electron chi connectivity index (χ3n) is 3.27. The SMILES string of the molecule is CC1CN(C(=O)C(CN)C(C)C)C(C)CO1.